The number of hydrogen-bond donors (Lipinski definition) is 1. The van der Waals surface area contributed by atoms with Gasteiger partial charge in [-0.15, -0.1) is 0 Å². The molecule has 0 aliphatic rings. The van der Waals surface area contributed by atoms with Crippen molar-refractivity contribution in [1.29, 1.82) is 5.26 Å². The molecule has 0 radical (unpaired) electrons. The highest BCUT2D eigenvalue weighted by atomic mass is 16.3. The Morgan fingerprint density at radius 3 is 2.41 bits per heavy atom. The van der Waals surface area contributed by atoms with Gasteiger partial charge in [-0.25, -0.2) is 0 Å². The summed E-state index contributed by atoms with van der Waals surface area (Å²) in [6.07, 6.45) is -0.224. The number of benzene rings is 2. The van der Waals surface area contributed by atoms with E-state index in [2.05, 4.69) is 12.1 Å². The molecule has 84 valence electrons. The van der Waals surface area contributed by atoms with Crippen molar-refractivity contribution in [2.24, 2.45) is 0 Å². The van der Waals surface area contributed by atoms with Gasteiger partial charge in [0.15, 0.2) is 6.10 Å². The molecule has 2 heteroatoms. The van der Waals surface area contributed by atoms with Gasteiger partial charge in [0, 0.05) is 0 Å². The molecular formula is C15H13NO. The molecule has 1 atom stereocenters. The maximum absolute atomic E-state index is 9.46. The summed E-state index contributed by atoms with van der Waals surface area (Å²) in [5, 5.41) is 18.1. The third kappa shape index (κ3) is 2.93. The van der Waals surface area contributed by atoms with Crippen LogP contribution in [0.1, 0.15) is 22.8 Å². The van der Waals surface area contributed by atoms with Crippen molar-refractivity contribution in [3.05, 3.63) is 71.3 Å². The highest BCUT2D eigenvalue weighted by molar-refractivity contribution is 5.31. The molecule has 0 fully saturated rings. The normalized spacial score (nSPS) is 11.8. The molecule has 17 heavy (non-hydrogen) atoms. The lowest BCUT2D eigenvalue weighted by molar-refractivity contribution is 0.236. The van der Waals surface area contributed by atoms with Crippen LogP contribution in [-0.4, -0.2) is 5.11 Å². The minimum Gasteiger partial charge on any atom is -0.374 e. The summed E-state index contributed by atoms with van der Waals surface area (Å²) >= 11 is 0. The first-order valence-corrected chi connectivity index (χ1v) is 5.50. The fourth-order valence-electron chi connectivity index (χ4n) is 1.78. The van der Waals surface area contributed by atoms with E-state index < -0.39 is 6.10 Å². The Balaban J connectivity index is 2.20. The Kier molecular flexibility index (Phi) is 3.54. The van der Waals surface area contributed by atoms with Crippen molar-refractivity contribution in [3.63, 3.8) is 0 Å². The summed E-state index contributed by atoms with van der Waals surface area (Å²) in [4.78, 5) is 0. The Morgan fingerprint density at radius 1 is 1.00 bits per heavy atom. The number of hydrogen-bond acceptors (Lipinski definition) is 2. The van der Waals surface area contributed by atoms with Gasteiger partial charge in [0.2, 0.25) is 0 Å². The van der Waals surface area contributed by atoms with Gasteiger partial charge in [-0.3, -0.25) is 0 Å². The second kappa shape index (κ2) is 5.29. The number of nitrogens with zero attached hydrogens (tertiary/aromatic N) is 1. The quantitative estimate of drug-likeness (QED) is 0.813. The largest absolute Gasteiger partial charge is 0.374 e. The third-order valence-corrected chi connectivity index (χ3v) is 2.64. The van der Waals surface area contributed by atoms with Gasteiger partial charge in [0.1, 0.15) is 0 Å². The van der Waals surface area contributed by atoms with Gasteiger partial charge in [0.05, 0.1) is 6.07 Å². The van der Waals surface area contributed by atoms with Gasteiger partial charge < -0.3 is 5.11 Å². The lowest BCUT2D eigenvalue weighted by atomic mass is 10.0. The molecule has 0 saturated carbocycles. The van der Waals surface area contributed by atoms with E-state index in [1.807, 2.05) is 42.5 Å². The maximum Gasteiger partial charge on any atom is 0.165 e. The van der Waals surface area contributed by atoms with Crippen LogP contribution in [0, 0.1) is 11.3 Å². The molecule has 2 aromatic rings. The van der Waals surface area contributed by atoms with Gasteiger partial charge in [-0.05, 0) is 23.1 Å². The molecule has 0 amide bonds. The molecule has 1 unspecified atom stereocenters. The summed E-state index contributed by atoms with van der Waals surface area (Å²) in [7, 11) is 0. The summed E-state index contributed by atoms with van der Waals surface area (Å²) in [6, 6.07) is 19.5. The summed E-state index contributed by atoms with van der Waals surface area (Å²) in [6.45, 7) is 0. The molecule has 0 aromatic heterocycles. The average molecular weight is 223 g/mol. The molecule has 0 bridgehead atoms. The van der Waals surface area contributed by atoms with Gasteiger partial charge in [0.25, 0.3) is 0 Å². The second-order valence-corrected chi connectivity index (χ2v) is 3.94. The van der Waals surface area contributed by atoms with E-state index in [0.717, 1.165) is 12.0 Å². The zero-order valence-corrected chi connectivity index (χ0v) is 9.38. The van der Waals surface area contributed by atoms with Crippen molar-refractivity contribution in [1.82, 2.24) is 0 Å². The Hall–Kier alpha value is -2.11. The molecule has 0 spiro atoms. The van der Waals surface area contributed by atoms with Gasteiger partial charge in [-0.1, -0.05) is 54.6 Å². The molecule has 2 nitrogen and oxygen atoms in total. The molecule has 0 aliphatic carbocycles. The number of nitriles is 1. The summed E-state index contributed by atoms with van der Waals surface area (Å²) < 4.78 is 0. The SMILES string of the molecule is N#CC(O)c1cccc(Cc2ccccc2)c1. The van der Waals surface area contributed by atoms with E-state index in [1.165, 1.54) is 5.56 Å². The second-order valence-electron chi connectivity index (χ2n) is 3.94. The van der Waals surface area contributed by atoms with Crippen LogP contribution in [0.5, 0.6) is 0 Å². The highest BCUT2D eigenvalue weighted by Crippen LogP contribution is 2.16. The Bertz CT molecular complexity index is 528. The van der Waals surface area contributed by atoms with E-state index in [1.54, 1.807) is 6.07 Å². The first kappa shape index (κ1) is 11.4. The van der Waals surface area contributed by atoms with Crippen molar-refractivity contribution in [2.45, 2.75) is 12.5 Å². The lowest BCUT2D eigenvalue weighted by Gasteiger charge is -2.06. The molecule has 2 rings (SSSR count). The number of aliphatic hydroxyl groups is 1. The zero-order valence-electron chi connectivity index (χ0n) is 9.38. The van der Waals surface area contributed by atoms with Crippen LogP contribution in [0.15, 0.2) is 54.6 Å². The van der Waals surface area contributed by atoms with Crippen LogP contribution in [0.2, 0.25) is 0 Å². The Morgan fingerprint density at radius 2 is 1.71 bits per heavy atom. The number of aliphatic hydroxyl groups excluding tert-OH is 1. The van der Waals surface area contributed by atoms with Crippen molar-refractivity contribution < 1.29 is 5.11 Å². The first-order valence-electron chi connectivity index (χ1n) is 5.50. The van der Waals surface area contributed by atoms with Crippen LogP contribution in [0.4, 0.5) is 0 Å². The minimum atomic E-state index is -1.04. The summed E-state index contributed by atoms with van der Waals surface area (Å²) in [5.41, 5.74) is 2.97. The maximum atomic E-state index is 9.46. The predicted octanol–water partition coefficient (Wildman–Crippen LogP) is 2.83. The smallest absolute Gasteiger partial charge is 0.165 e. The van der Waals surface area contributed by atoms with Crippen LogP contribution in [0.25, 0.3) is 0 Å². The van der Waals surface area contributed by atoms with Gasteiger partial charge >= 0.3 is 0 Å². The van der Waals surface area contributed by atoms with Crippen LogP contribution in [0.3, 0.4) is 0 Å². The predicted molar refractivity (Wildman–Crippen MR) is 66.3 cm³/mol. The third-order valence-electron chi connectivity index (χ3n) is 2.64. The molecule has 0 aliphatic heterocycles. The van der Waals surface area contributed by atoms with Crippen LogP contribution < -0.4 is 0 Å². The first-order chi connectivity index (χ1) is 8.29. The van der Waals surface area contributed by atoms with Crippen LogP contribution in [-0.2, 0) is 6.42 Å². The molecule has 2 aromatic carbocycles. The molecule has 0 saturated heterocycles. The van der Waals surface area contributed by atoms with E-state index in [4.69, 9.17) is 5.26 Å². The van der Waals surface area contributed by atoms with E-state index >= 15 is 0 Å². The van der Waals surface area contributed by atoms with Crippen molar-refractivity contribution in [3.8, 4) is 6.07 Å². The van der Waals surface area contributed by atoms with Crippen LogP contribution >= 0.6 is 0 Å². The standard InChI is InChI=1S/C15H13NO/c16-11-15(17)14-8-4-7-13(10-14)9-12-5-2-1-3-6-12/h1-8,10,15,17H,9H2. The minimum absolute atomic E-state index is 0.654. The van der Waals surface area contributed by atoms with E-state index in [9.17, 15) is 5.11 Å². The van der Waals surface area contributed by atoms with E-state index in [0.29, 0.717) is 5.56 Å². The zero-order chi connectivity index (χ0) is 12.1. The van der Waals surface area contributed by atoms with Gasteiger partial charge in [-0.2, -0.15) is 5.26 Å². The van der Waals surface area contributed by atoms with Crippen molar-refractivity contribution >= 4 is 0 Å². The highest BCUT2D eigenvalue weighted by Gasteiger charge is 2.05. The van der Waals surface area contributed by atoms with E-state index in [-0.39, 0.29) is 0 Å². The molecule has 0 heterocycles. The lowest BCUT2D eigenvalue weighted by Crippen LogP contribution is -1.95. The summed E-state index contributed by atoms with van der Waals surface area (Å²) in [5.74, 6) is 0. The average Bonchev–Trinajstić information content (AvgIpc) is 2.39. The monoisotopic (exact) mass is 223 g/mol. The number of rotatable bonds is 3. The topological polar surface area (TPSA) is 44.0 Å². The molecule has 1 N–H and O–H groups in total. The fraction of sp³-hybridized carbons (Fsp3) is 0.133. The van der Waals surface area contributed by atoms with Crippen molar-refractivity contribution in [2.75, 3.05) is 0 Å². The fourth-order valence-corrected chi connectivity index (χ4v) is 1.78. The Labute approximate surface area is 101 Å². The molecular weight excluding hydrogens is 210 g/mol.